The highest BCUT2D eigenvalue weighted by Crippen LogP contribution is 2.13. The van der Waals surface area contributed by atoms with E-state index in [2.05, 4.69) is 5.32 Å². The van der Waals surface area contributed by atoms with Crippen LogP contribution in [0.2, 0.25) is 0 Å². The first-order chi connectivity index (χ1) is 10.2. The number of nitrogens with one attached hydrogen (secondary N) is 1. The van der Waals surface area contributed by atoms with Crippen LogP contribution in [-0.4, -0.2) is 20.1 Å². The third kappa shape index (κ3) is 4.11. The minimum absolute atomic E-state index is 0.164. The monoisotopic (exact) mass is 283 g/mol. The van der Waals surface area contributed by atoms with Gasteiger partial charge in [-0.05, 0) is 48.0 Å². The molecule has 0 saturated heterocycles. The first-order valence-electron chi connectivity index (χ1n) is 6.48. The number of rotatable bonds is 5. The largest absolute Gasteiger partial charge is 0.497 e. The molecular weight excluding hydrogens is 266 g/mol. The predicted octanol–water partition coefficient (Wildman–Crippen LogP) is 3.10. The second-order valence-corrected chi connectivity index (χ2v) is 4.31. The first kappa shape index (κ1) is 14.7. The van der Waals surface area contributed by atoms with Crippen molar-refractivity contribution in [3.8, 4) is 11.5 Å². The van der Waals surface area contributed by atoms with Gasteiger partial charge in [0.15, 0.2) is 0 Å². The van der Waals surface area contributed by atoms with Crippen molar-refractivity contribution < 1.29 is 14.3 Å². The van der Waals surface area contributed by atoms with Crippen LogP contribution in [0.1, 0.15) is 15.9 Å². The maximum atomic E-state index is 11.9. The molecule has 21 heavy (non-hydrogen) atoms. The lowest BCUT2D eigenvalue weighted by Crippen LogP contribution is -2.16. The van der Waals surface area contributed by atoms with Crippen LogP contribution >= 0.6 is 0 Å². The predicted molar refractivity (Wildman–Crippen MR) is 82.5 cm³/mol. The van der Waals surface area contributed by atoms with E-state index in [0.717, 1.165) is 17.1 Å². The Balaban J connectivity index is 1.94. The van der Waals surface area contributed by atoms with Crippen LogP contribution in [0.5, 0.6) is 11.5 Å². The number of hydrogen-bond acceptors (Lipinski definition) is 3. The van der Waals surface area contributed by atoms with Crippen molar-refractivity contribution >= 4 is 12.0 Å². The summed E-state index contributed by atoms with van der Waals surface area (Å²) >= 11 is 0. The minimum atomic E-state index is -0.164. The Bertz CT molecular complexity index is 615. The Hall–Kier alpha value is -2.75. The van der Waals surface area contributed by atoms with Crippen LogP contribution in [-0.2, 0) is 0 Å². The van der Waals surface area contributed by atoms with Crippen molar-refractivity contribution in [2.45, 2.75) is 0 Å². The average Bonchev–Trinajstić information content (AvgIpc) is 2.55. The Morgan fingerprint density at radius 2 is 1.43 bits per heavy atom. The van der Waals surface area contributed by atoms with E-state index in [1.807, 2.05) is 30.3 Å². The van der Waals surface area contributed by atoms with Gasteiger partial charge in [0.1, 0.15) is 11.5 Å². The van der Waals surface area contributed by atoms with E-state index in [4.69, 9.17) is 9.47 Å². The smallest absolute Gasteiger partial charge is 0.255 e. The van der Waals surface area contributed by atoms with Gasteiger partial charge in [0, 0.05) is 11.8 Å². The number of carbonyl (C=O) groups excluding carboxylic acids is 1. The van der Waals surface area contributed by atoms with Crippen LogP contribution in [0.15, 0.2) is 54.7 Å². The van der Waals surface area contributed by atoms with Gasteiger partial charge >= 0.3 is 0 Å². The van der Waals surface area contributed by atoms with Gasteiger partial charge in [0.2, 0.25) is 0 Å². The Labute approximate surface area is 124 Å². The molecule has 108 valence electrons. The molecule has 2 aromatic rings. The molecule has 2 rings (SSSR count). The highest BCUT2D eigenvalue weighted by atomic mass is 16.5. The SMILES string of the molecule is COc1ccc(C=CNC(=O)c2ccc(OC)cc2)cc1. The second-order valence-electron chi connectivity index (χ2n) is 4.31. The minimum Gasteiger partial charge on any atom is -0.497 e. The fourth-order valence-corrected chi connectivity index (χ4v) is 1.75. The number of amides is 1. The second kappa shape index (κ2) is 7.14. The topological polar surface area (TPSA) is 47.6 Å². The molecule has 4 heteroatoms. The van der Waals surface area contributed by atoms with E-state index in [9.17, 15) is 4.79 Å². The zero-order valence-electron chi connectivity index (χ0n) is 12.0. The van der Waals surface area contributed by atoms with E-state index in [0.29, 0.717) is 5.56 Å². The zero-order valence-corrected chi connectivity index (χ0v) is 12.0. The molecule has 0 radical (unpaired) electrons. The van der Waals surface area contributed by atoms with Gasteiger partial charge in [0.25, 0.3) is 5.91 Å². The molecule has 0 heterocycles. The van der Waals surface area contributed by atoms with E-state index in [1.165, 1.54) is 0 Å². The molecule has 1 N–H and O–H groups in total. The lowest BCUT2D eigenvalue weighted by Gasteiger charge is -2.03. The van der Waals surface area contributed by atoms with Gasteiger partial charge in [-0.2, -0.15) is 0 Å². The van der Waals surface area contributed by atoms with Crippen molar-refractivity contribution in [2.24, 2.45) is 0 Å². The van der Waals surface area contributed by atoms with Crippen LogP contribution < -0.4 is 14.8 Å². The quantitative estimate of drug-likeness (QED) is 0.917. The van der Waals surface area contributed by atoms with Crippen molar-refractivity contribution in [3.05, 3.63) is 65.9 Å². The third-order valence-corrected chi connectivity index (χ3v) is 2.96. The maximum absolute atomic E-state index is 11.9. The van der Waals surface area contributed by atoms with Crippen LogP contribution in [0, 0.1) is 0 Å². The normalized spacial score (nSPS) is 10.4. The van der Waals surface area contributed by atoms with Gasteiger partial charge in [-0.25, -0.2) is 0 Å². The number of benzene rings is 2. The summed E-state index contributed by atoms with van der Waals surface area (Å²) in [7, 11) is 3.21. The summed E-state index contributed by atoms with van der Waals surface area (Å²) in [6.07, 6.45) is 3.44. The Kier molecular flexibility index (Phi) is 4.99. The lowest BCUT2D eigenvalue weighted by atomic mass is 10.2. The van der Waals surface area contributed by atoms with Crippen LogP contribution in [0.25, 0.3) is 6.08 Å². The van der Waals surface area contributed by atoms with Crippen LogP contribution in [0.4, 0.5) is 0 Å². The van der Waals surface area contributed by atoms with E-state index >= 15 is 0 Å². The number of ether oxygens (including phenoxy) is 2. The molecule has 4 nitrogen and oxygen atoms in total. The summed E-state index contributed by atoms with van der Waals surface area (Å²) in [6.45, 7) is 0. The number of carbonyl (C=O) groups is 1. The maximum Gasteiger partial charge on any atom is 0.255 e. The van der Waals surface area contributed by atoms with Crippen molar-refractivity contribution in [2.75, 3.05) is 14.2 Å². The molecular formula is C17H17NO3. The fourth-order valence-electron chi connectivity index (χ4n) is 1.75. The van der Waals surface area contributed by atoms with Gasteiger partial charge < -0.3 is 14.8 Å². The van der Waals surface area contributed by atoms with Gasteiger partial charge in [0.05, 0.1) is 14.2 Å². The molecule has 0 fully saturated rings. The van der Waals surface area contributed by atoms with Crippen molar-refractivity contribution in [3.63, 3.8) is 0 Å². The molecule has 0 spiro atoms. The lowest BCUT2D eigenvalue weighted by molar-refractivity contribution is 0.0970. The summed E-state index contributed by atoms with van der Waals surface area (Å²) in [6, 6.07) is 14.5. The molecule has 0 aromatic heterocycles. The summed E-state index contributed by atoms with van der Waals surface area (Å²) in [5.41, 5.74) is 1.56. The number of hydrogen-bond donors (Lipinski definition) is 1. The van der Waals surface area contributed by atoms with E-state index in [-0.39, 0.29) is 5.91 Å². The van der Waals surface area contributed by atoms with Gasteiger partial charge in [-0.15, -0.1) is 0 Å². The fraction of sp³-hybridized carbons (Fsp3) is 0.118. The van der Waals surface area contributed by atoms with Crippen molar-refractivity contribution in [1.82, 2.24) is 5.32 Å². The standard InChI is InChI=1S/C17H17NO3/c1-20-15-7-3-13(4-8-15)11-12-18-17(19)14-5-9-16(21-2)10-6-14/h3-12H,1-2H3,(H,18,19). The Morgan fingerprint density at radius 1 is 0.905 bits per heavy atom. The van der Waals surface area contributed by atoms with Crippen molar-refractivity contribution in [1.29, 1.82) is 0 Å². The highest BCUT2D eigenvalue weighted by Gasteiger charge is 2.02. The van der Waals surface area contributed by atoms with Crippen LogP contribution in [0.3, 0.4) is 0 Å². The molecule has 0 aliphatic rings. The molecule has 0 aliphatic carbocycles. The summed E-state index contributed by atoms with van der Waals surface area (Å²) in [5.74, 6) is 1.36. The molecule has 0 aliphatic heterocycles. The summed E-state index contributed by atoms with van der Waals surface area (Å²) < 4.78 is 10.1. The van der Waals surface area contributed by atoms with Gasteiger partial charge in [-0.3, -0.25) is 4.79 Å². The Morgan fingerprint density at radius 3 is 1.95 bits per heavy atom. The first-order valence-corrected chi connectivity index (χ1v) is 6.48. The highest BCUT2D eigenvalue weighted by molar-refractivity contribution is 5.95. The van der Waals surface area contributed by atoms with E-state index < -0.39 is 0 Å². The average molecular weight is 283 g/mol. The third-order valence-electron chi connectivity index (χ3n) is 2.96. The molecule has 2 aromatic carbocycles. The molecule has 1 amide bonds. The number of methoxy groups -OCH3 is 2. The van der Waals surface area contributed by atoms with Gasteiger partial charge in [-0.1, -0.05) is 12.1 Å². The van der Waals surface area contributed by atoms with E-state index in [1.54, 1.807) is 44.7 Å². The summed E-state index contributed by atoms with van der Waals surface area (Å²) in [5, 5.41) is 2.72. The summed E-state index contributed by atoms with van der Waals surface area (Å²) in [4.78, 5) is 11.9. The molecule has 0 bridgehead atoms. The molecule has 0 atom stereocenters. The zero-order chi connectivity index (χ0) is 15.1. The molecule has 0 saturated carbocycles. The molecule has 0 unspecified atom stereocenters.